The normalized spacial score (nSPS) is 31.4. The van der Waals surface area contributed by atoms with Crippen molar-refractivity contribution in [2.45, 2.75) is 25.2 Å². The summed E-state index contributed by atoms with van der Waals surface area (Å²) in [7, 11) is 4.45. The van der Waals surface area contributed by atoms with Crippen molar-refractivity contribution in [3.8, 4) is 0 Å². The zero-order valence-corrected chi connectivity index (χ0v) is 13.1. The van der Waals surface area contributed by atoms with Crippen LogP contribution in [0.4, 0.5) is 0 Å². The van der Waals surface area contributed by atoms with Crippen molar-refractivity contribution in [2.75, 3.05) is 20.6 Å². The van der Waals surface area contributed by atoms with Crippen LogP contribution in [-0.2, 0) is 0 Å². The summed E-state index contributed by atoms with van der Waals surface area (Å²) in [6, 6.07) is 16.0. The Kier molecular flexibility index (Phi) is 3.26. The van der Waals surface area contributed by atoms with Crippen molar-refractivity contribution in [1.29, 1.82) is 0 Å². The topological polar surface area (TPSA) is 3.24 Å². The van der Waals surface area contributed by atoms with Crippen LogP contribution < -0.4 is 0 Å². The number of hydrogen-bond donors (Lipinski definition) is 0. The number of benzene rings is 2. The standard InChI is InChI=1S/C20H25N/c1-21(2)13-19-16-8-10-18(12-16)20(19)17-9-7-14-5-3-4-6-15(14)11-17/h3-7,9,11,16,18-20H,8,10,12-13H2,1-2H3/t16-,18+,19+,20+/m1/s1. The summed E-state index contributed by atoms with van der Waals surface area (Å²) in [6.07, 6.45) is 4.38. The molecule has 0 spiro atoms. The second kappa shape index (κ2) is 5.14. The van der Waals surface area contributed by atoms with Crippen LogP contribution in [0.5, 0.6) is 0 Å². The van der Waals surface area contributed by atoms with Crippen LogP contribution in [0.15, 0.2) is 42.5 Å². The van der Waals surface area contributed by atoms with E-state index in [0.29, 0.717) is 0 Å². The highest BCUT2D eigenvalue weighted by atomic mass is 15.1. The highest BCUT2D eigenvalue weighted by molar-refractivity contribution is 5.83. The van der Waals surface area contributed by atoms with Crippen molar-refractivity contribution in [3.05, 3.63) is 48.0 Å². The molecule has 0 aliphatic heterocycles. The molecule has 2 fully saturated rings. The van der Waals surface area contributed by atoms with Gasteiger partial charge in [-0.3, -0.25) is 0 Å². The largest absolute Gasteiger partial charge is 0.309 e. The first-order valence-electron chi connectivity index (χ1n) is 8.36. The predicted molar refractivity (Wildman–Crippen MR) is 89.6 cm³/mol. The maximum atomic E-state index is 2.46. The molecule has 1 nitrogen and oxygen atoms in total. The number of nitrogens with zero attached hydrogens (tertiary/aromatic N) is 1. The van der Waals surface area contributed by atoms with Crippen LogP contribution in [0.2, 0.25) is 0 Å². The summed E-state index contributed by atoms with van der Waals surface area (Å²) < 4.78 is 0. The lowest BCUT2D eigenvalue weighted by atomic mass is 9.75. The zero-order chi connectivity index (χ0) is 14.4. The zero-order valence-electron chi connectivity index (χ0n) is 13.1. The first-order chi connectivity index (χ1) is 10.2. The summed E-state index contributed by atoms with van der Waals surface area (Å²) in [5.41, 5.74) is 1.59. The van der Waals surface area contributed by atoms with E-state index in [1.807, 2.05) is 0 Å². The van der Waals surface area contributed by atoms with Crippen molar-refractivity contribution >= 4 is 10.8 Å². The first-order valence-corrected chi connectivity index (χ1v) is 8.36. The molecule has 4 rings (SSSR count). The van der Waals surface area contributed by atoms with Crippen molar-refractivity contribution in [1.82, 2.24) is 4.90 Å². The van der Waals surface area contributed by atoms with Gasteiger partial charge in [0.25, 0.3) is 0 Å². The molecule has 0 unspecified atom stereocenters. The van der Waals surface area contributed by atoms with E-state index in [1.165, 1.54) is 36.6 Å². The Morgan fingerprint density at radius 1 is 0.952 bits per heavy atom. The third-order valence-corrected chi connectivity index (χ3v) is 5.82. The Bertz CT molecular complexity index is 645. The van der Waals surface area contributed by atoms with Gasteiger partial charge in [0.2, 0.25) is 0 Å². The van der Waals surface area contributed by atoms with Crippen LogP contribution in [0.3, 0.4) is 0 Å². The molecule has 2 aromatic carbocycles. The molecule has 2 aromatic rings. The van der Waals surface area contributed by atoms with Gasteiger partial charge in [0.1, 0.15) is 0 Å². The molecule has 2 aliphatic carbocycles. The third-order valence-electron chi connectivity index (χ3n) is 5.82. The molecule has 110 valence electrons. The molecule has 0 radical (unpaired) electrons. The average molecular weight is 279 g/mol. The molecule has 0 N–H and O–H groups in total. The van der Waals surface area contributed by atoms with E-state index in [2.05, 4.69) is 61.5 Å². The van der Waals surface area contributed by atoms with Gasteiger partial charge >= 0.3 is 0 Å². The third kappa shape index (κ3) is 2.28. The monoisotopic (exact) mass is 279 g/mol. The summed E-state index contributed by atoms with van der Waals surface area (Å²) in [5.74, 6) is 3.55. The van der Waals surface area contributed by atoms with E-state index in [0.717, 1.165) is 23.7 Å². The van der Waals surface area contributed by atoms with Crippen molar-refractivity contribution in [2.24, 2.45) is 17.8 Å². The molecule has 2 saturated carbocycles. The Morgan fingerprint density at radius 2 is 1.71 bits per heavy atom. The van der Waals surface area contributed by atoms with Crippen LogP contribution in [0, 0.1) is 17.8 Å². The highest BCUT2D eigenvalue weighted by Gasteiger charge is 2.47. The van der Waals surface area contributed by atoms with Crippen molar-refractivity contribution < 1.29 is 0 Å². The highest BCUT2D eigenvalue weighted by Crippen LogP contribution is 2.56. The lowest BCUT2D eigenvalue weighted by Gasteiger charge is -2.33. The minimum atomic E-state index is 0.788. The fourth-order valence-electron chi connectivity index (χ4n) is 5.03. The lowest BCUT2D eigenvalue weighted by Crippen LogP contribution is -2.30. The number of rotatable bonds is 3. The molecule has 2 aliphatic rings. The minimum absolute atomic E-state index is 0.788. The van der Waals surface area contributed by atoms with Gasteiger partial charge in [-0.05, 0) is 73.4 Å². The SMILES string of the molecule is CN(C)C[C@H]1[C@@H]2CC[C@@H](C2)[C@@H]1c1ccc2ccccc2c1. The predicted octanol–water partition coefficient (Wildman–Crippen LogP) is 4.53. The van der Waals surface area contributed by atoms with E-state index >= 15 is 0 Å². The maximum absolute atomic E-state index is 2.46. The van der Waals surface area contributed by atoms with E-state index in [-0.39, 0.29) is 0 Å². The van der Waals surface area contributed by atoms with Gasteiger partial charge in [-0.25, -0.2) is 0 Å². The number of hydrogen-bond acceptors (Lipinski definition) is 1. The van der Waals surface area contributed by atoms with Gasteiger partial charge in [-0.1, -0.05) is 42.5 Å². The molecule has 4 atom stereocenters. The van der Waals surface area contributed by atoms with E-state index in [4.69, 9.17) is 0 Å². The summed E-state index contributed by atoms with van der Waals surface area (Å²) in [6.45, 7) is 1.25. The van der Waals surface area contributed by atoms with Crippen molar-refractivity contribution in [3.63, 3.8) is 0 Å². The van der Waals surface area contributed by atoms with E-state index in [1.54, 1.807) is 5.56 Å². The Morgan fingerprint density at radius 3 is 2.52 bits per heavy atom. The average Bonchev–Trinajstić information content (AvgIpc) is 3.07. The van der Waals surface area contributed by atoms with Crippen LogP contribution in [-0.4, -0.2) is 25.5 Å². The maximum Gasteiger partial charge on any atom is 0.00122 e. The summed E-state index contributed by atoms with van der Waals surface area (Å²) in [4.78, 5) is 2.39. The fourth-order valence-corrected chi connectivity index (χ4v) is 5.03. The Hall–Kier alpha value is -1.34. The summed E-state index contributed by atoms with van der Waals surface area (Å²) >= 11 is 0. The quantitative estimate of drug-likeness (QED) is 0.798. The van der Waals surface area contributed by atoms with E-state index < -0.39 is 0 Å². The second-order valence-electron chi connectivity index (χ2n) is 7.39. The smallest absolute Gasteiger partial charge is 0.00122 e. The van der Waals surface area contributed by atoms with Crippen LogP contribution in [0.25, 0.3) is 10.8 Å². The first kappa shape index (κ1) is 13.3. The second-order valence-corrected chi connectivity index (χ2v) is 7.39. The molecule has 0 saturated heterocycles. The molecule has 1 heteroatoms. The Balaban J connectivity index is 1.71. The molecule has 21 heavy (non-hydrogen) atoms. The van der Waals surface area contributed by atoms with Gasteiger partial charge < -0.3 is 4.90 Å². The van der Waals surface area contributed by atoms with Gasteiger partial charge in [0.05, 0.1) is 0 Å². The molecule has 0 aromatic heterocycles. The van der Waals surface area contributed by atoms with Gasteiger partial charge in [0.15, 0.2) is 0 Å². The lowest BCUT2D eigenvalue weighted by molar-refractivity contribution is 0.219. The molecule has 2 bridgehead atoms. The van der Waals surface area contributed by atoms with Gasteiger partial charge in [-0.15, -0.1) is 0 Å². The summed E-state index contributed by atoms with van der Waals surface area (Å²) in [5, 5.41) is 2.77. The number of fused-ring (bicyclic) bond motifs is 3. The molecular formula is C20H25N. The van der Waals surface area contributed by atoms with Crippen LogP contribution in [0.1, 0.15) is 30.7 Å². The van der Waals surface area contributed by atoms with Gasteiger partial charge in [0, 0.05) is 6.54 Å². The fraction of sp³-hybridized carbons (Fsp3) is 0.500. The molecule has 0 heterocycles. The minimum Gasteiger partial charge on any atom is -0.309 e. The van der Waals surface area contributed by atoms with Gasteiger partial charge in [-0.2, -0.15) is 0 Å². The molecular weight excluding hydrogens is 254 g/mol. The van der Waals surface area contributed by atoms with E-state index in [9.17, 15) is 0 Å². The molecule has 0 amide bonds. The van der Waals surface area contributed by atoms with Crippen LogP contribution >= 0.6 is 0 Å². The Labute approximate surface area is 128 Å².